The highest BCUT2D eigenvalue weighted by molar-refractivity contribution is 5.96. The first-order valence-corrected chi connectivity index (χ1v) is 6.94. The van der Waals surface area contributed by atoms with Gasteiger partial charge in [0.15, 0.2) is 0 Å². The molecular formula is C15H18N4O2. The zero-order valence-corrected chi connectivity index (χ0v) is 11.8. The van der Waals surface area contributed by atoms with Gasteiger partial charge in [0.1, 0.15) is 0 Å². The lowest BCUT2D eigenvalue weighted by Gasteiger charge is -2.14. The van der Waals surface area contributed by atoms with Crippen molar-refractivity contribution in [3.63, 3.8) is 0 Å². The molecule has 21 heavy (non-hydrogen) atoms. The molecule has 2 unspecified atom stereocenters. The molecule has 0 spiro atoms. The van der Waals surface area contributed by atoms with Crippen LogP contribution < -0.4 is 10.6 Å². The number of nitrogens with zero attached hydrogens (tertiary/aromatic N) is 2. The van der Waals surface area contributed by atoms with Crippen molar-refractivity contribution in [1.82, 2.24) is 15.1 Å². The van der Waals surface area contributed by atoms with Crippen LogP contribution in [0.5, 0.6) is 0 Å². The number of amides is 1. The average molecular weight is 286 g/mol. The van der Waals surface area contributed by atoms with E-state index in [4.69, 9.17) is 4.74 Å². The number of anilines is 1. The summed E-state index contributed by atoms with van der Waals surface area (Å²) in [5.74, 6) is -0.0471. The quantitative estimate of drug-likeness (QED) is 0.886. The number of hydrogen-bond donors (Lipinski definition) is 2. The summed E-state index contributed by atoms with van der Waals surface area (Å²) in [6, 6.07) is 9.23. The third-order valence-corrected chi connectivity index (χ3v) is 3.65. The van der Waals surface area contributed by atoms with Gasteiger partial charge < -0.3 is 15.4 Å². The van der Waals surface area contributed by atoms with Crippen LogP contribution in [0.3, 0.4) is 0 Å². The molecule has 6 heteroatoms. The van der Waals surface area contributed by atoms with Gasteiger partial charge in [-0.05, 0) is 24.6 Å². The summed E-state index contributed by atoms with van der Waals surface area (Å²) in [7, 11) is 1.67. The highest BCUT2D eigenvalue weighted by Gasteiger charge is 2.29. The van der Waals surface area contributed by atoms with E-state index in [9.17, 15) is 4.79 Å². The Morgan fingerprint density at radius 2 is 2.29 bits per heavy atom. The Bertz CT molecular complexity index is 612. The Morgan fingerprint density at radius 1 is 1.43 bits per heavy atom. The average Bonchev–Trinajstić information content (AvgIpc) is 3.19. The summed E-state index contributed by atoms with van der Waals surface area (Å²) in [6.07, 6.45) is 4.34. The minimum Gasteiger partial charge on any atom is -0.380 e. The van der Waals surface area contributed by atoms with E-state index in [-0.39, 0.29) is 18.1 Å². The molecule has 1 fully saturated rings. The van der Waals surface area contributed by atoms with Gasteiger partial charge in [0.2, 0.25) is 5.91 Å². The van der Waals surface area contributed by atoms with Crippen molar-refractivity contribution in [2.75, 3.05) is 19.0 Å². The number of benzene rings is 1. The molecule has 110 valence electrons. The second kappa shape index (κ2) is 6.07. The molecule has 0 bridgehead atoms. The van der Waals surface area contributed by atoms with E-state index in [0.717, 1.165) is 11.4 Å². The predicted octanol–water partition coefficient (Wildman–Crippen LogP) is 1.19. The zero-order chi connectivity index (χ0) is 14.7. The van der Waals surface area contributed by atoms with Gasteiger partial charge >= 0.3 is 0 Å². The zero-order valence-electron chi connectivity index (χ0n) is 11.8. The second-order valence-corrected chi connectivity index (χ2v) is 5.01. The number of para-hydroxylation sites is 2. The summed E-state index contributed by atoms with van der Waals surface area (Å²) >= 11 is 0. The van der Waals surface area contributed by atoms with Gasteiger partial charge in [0, 0.05) is 26.0 Å². The van der Waals surface area contributed by atoms with Gasteiger partial charge in [-0.25, -0.2) is 4.68 Å². The maximum Gasteiger partial charge on any atom is 0.241 e. The largest absolute Gasteiger partial charge is 0.380 e. The van der Waals surface area contributed by atoms with Crippen molar-refractivity contribution in [1.29, 1.82) is 0 Å². The van der Waals surface area contributed by atoms with E-state index < -0.39 is 0 Å². The standard InChI is InChI=1S/C15H18N4O2/c1-21-11-9-13(16-10-11)15(20)18-12-5-2-3-6-14(12)19-8-4-7-17-19/h2-8,11,13,16H,9-10H2,1H3,(H,18,20). The molecule has 1 aromatic heterocycles. The Morgan fingerprint density at radius 3 is 3.00 bits per heavy atom. The van der Waals surface area contributed by atoms with Crippen LogP contribution in [-0.2, 0) is 9.53 Å². The first-order chi connectivity index (χ1) is 10.3. The van der Waals surface area contributed by atoms with Crippen molar-refractivity contribution in [2.24, 2.45) is 0 Å². The Balaban J connectivity index is 1.75. The van der Waals surface area contributed by atoms with E-state index in [1.165, 1.54) is 0 Å². The molecular weight excluding hydrogens is 268 g/mol. The molecule has 1 saturated heterocycles. The molecule has 1 aliphatic rings. The van der Waals surface area contributed by atoms with E-state index in [1.807, 2.05) is 36.5 Å². The number of rotatable bonds is 4. The lowest BCUT2D eigenvalue weighted by atomic mass is 10.2. The molecule has 2 aromatic rings. The molecule has 0 radical (unpaired) electrons. The van der Waals surface area contributed by atoms with Gasteiger partial charge in [-0.3, -0.25) is 4.79 Å². The first-order valence-electron chi connectivity index (χ1n) is 6.94. The van der Waals surface area contributed by atoms with Crippen LogP contribution in [0.4, 0.5) is 5.69 Å². The molecule has 2 N–H and O–H groups in total. The number of ether oxygens (including phenoxy) is 1. The summed E-state index contributed by atoms with van der Waals surface area (Å²) in [6.45, 7) is 0.704. The maximum atomic E-state index is 12.3. The van der Waals surface area contributed by atoms with Gasteiger partial charge in [0.25, 0.3) is 0 Å². The normalized spacial score (nSPS) is 21.4. The molecule has 6 nitrogen and oxygen atoms in total. The monoisotopic (exact) mass is 286 g/mol. The number of aromatic nitrogens is 2. The number of carbonyl (C=O) groups is 1. The van der Waals surface area contributed by atoms with Gasteiger partial charge in [-0.15, -0.1) is 0 Å². The van der Waals surface area contributed by atoms with Crippen molar-refractivity contribution >= 4 is 11.6 Å². The number of nitrogens with one attached hydrogen (secondary N) is 2. The second-order valence-electron chi connectivity index (χ2n) is 5.01. The molecule has 2 atom stereocenters. The minimum atomic E-state index is -0.222. The molecule has 0 saturated carbocycles. The third kappa shape index (κ3) is 2.96. The number of hydrogen-bond acceptors (Lipinski definition) is 4. The van der Waals surface area contributed by atoms with Gasteiger partial charge in [-0.2, -0.15) is 5.10 Å². The molecule has 1 aromatic carbocycles. The topological polar surface area (TPSA) is 68.2 Å². The highest BCUT2D eigenvalue weighted by Crippen LogP contribution is 2.20. The summed E-state index contributed by atoms with van der Waals surface area (Å²) in [4.78, 5) is 12.3. The fourth-order valence-corrected chi connectivity index (χ4v) is 2.49. The predicted molar refractivity (Wildman–Crippen MR) is 79.4 cm³/mol. The third-order valence-electron chi connectivity index (χ3n) is 3.65. The van der Waals surface area contributed by atoms with Crippen LogP contribution in [0.25, 0.3) is 5.69 Å². The number of methoxy groups -OCH3 is 1. The molecule has 1 aliphatic heterocycles. The Hall–Kier alpha value is -2.18. The van der Waals surface area contributed by atoms with E-state index >= 15 is 0 Å². The van der Waals surface area contributed by atoms with Crippen LogP contribution in [0, 0.1) is 0 Å². The van der Waals surface area contributed by atoms with E-state index in [2.05, 4.69) is 15.7 Å². The Kier molecular flexibility index (Phi) is 3.98. The van der Waals surface area contributed by atoms with Crippen LogP contribution in [0.15, 0.2) is 42.7 Å². The fraction of sp³-hybridized carbons (Fsp3) is 0.333. The van der Waals surface area contributed by atoms with E-state index in [1.54, 1.807) is 18.0 Å². The minimum absolute atomic E-state index is 0.0471. The highest BCUT2D eigenvalue weighted by atomic mass is 16.5. The molecule has 3 rings (SSSR count). The fourth-order valence-electron chi connectivity index (χ4n) is 2.49. The van der Waals surface area contributed by atoms with Crippen LogP contribution in [0.1, 0.15) is 6.42 Å². The molecule has 2 heterocycles. The van der Waals surface area contributed by atoms with Gasteiger partial charge in [-0.1, -0.05) is 12.1 Å². The van der Waals surface area contributed by atoms with Crippen molar-refractivity contribution < 1.29 is 9.53 Å². The van der Waals surface area contributed by atoms with Crippen LogP contribution in [-0.4, -0.2) is 41.5 Å². The smallest absolute Gasteiger partial charge is 0.241 e. The van der Waals surface area contributed by atoms with E-state index in [0.29, 0.717) is 13.0 Å². The van der Waals surface area contributed by atoms with Crippen molar-refractivity contribution in [3.8, 4) is 5.69 Å². The van der Waals surface area contributed by atoms with Gasteiger partial charge in [0.05, 0.1) is 23.5 Å². The van der Waals surface area contributed by atoms with Crippen molar-refractivity contribution in [2.45, 2.75) is 18.6 Å². The summed E-state index contributed by atoms with van der Waals surface area (Å²) in [5.41, 5.74) is 1.59. The Labute approximate surface area is 123 Å². The molecule has 1 amide bonds. The lowest BCUT2D eigenvalue weighted by Crippen LogP contribution is -2.35. The summed E-state index contributed by atoms with van der Waals surface area (Å²) < 4.78 is 7.00. The SMILES string of the molecule is COC1CNC(C(=O)Nc2ccccc2-n2cccn2)C1. The lowest BCUT2D eigenvalue weighted by molar-refractivity contribution is -0.118. The maximum absolute atomic E-state index is 12.3. The van der Waals surface area contributed by atoms with Crippen molar-refractivity contribution in [3.05, 3.63) is 42.7 Å². The number of carbonyl (C=O) groups excluding carboxylic acids is 1. The summed E-state index contributed by atoms with van der Waals surface area (Å²) in [5, 5.41) is 10.3. The van der Waals surface area contributed by atoms with Crippen LogP contribution >= 0.6 is 0 Å². The first kappa shape index (κ1) is 13.8. The molecule has 0 aliphatic carbocycles. The van der Waals surface area contributed by atoms with Crippen LogP contribution in [0.2, 0.25) is 0 Å².